The fraction of sp³-hybridized carbons (Fsp3) is 0.438. The summed E-state index contributed by atoms with van der Waals surface area (Å²) >= 11 is 0. The summed E-state index contributed by atoms with van der Waals surface area (Å²) in [5, 5.41) is 0. The monoisotopic (exact) mass is 307 g/mol. The highest BCUT2D eigenvalue weighted by Gasteiger charge is 2.41. The zero-order valence-corrected chi connectivity index (χ0v) is 12.4. The minimum absolute atomic E-state index is 0.130. The van der Waals surface area contributed by atoms with Crippen molar-refractivity contribution in [1.82, 2.24) is 4.90 Å². The van der Waals surface area contributed by atoms with Gasteiger partial charge in [0.2, 0.25) is 5.91 Å². The van der Waals surface area contributed by atoms with E-state index in [2.05, 4.69) is 0 Å². The Hall–Kier alpha value is -2.24. The smallest absolute Gasteiger partial charge is 0.326 e. The second-order valence-corrected chi connectivity index (χ2v) is 5.10. The minimum atomic E-state index is -1.33. The molecule has 1 aromatic carbocycles. The van der Waals surface area contributed by atoms with Crippen LogP contribution >= 0.6 is 0 Å². The average molecular weight is 307 g/mol. The van der Waals surface area contributed by atoms with E-state index in [4.69, 9.17) is 4.74 Å². The number of rotatable bonds is 5. The molecule has 1 aliphatic heterocycles. The molecule has 1 aromatic rings. The maximum absolute atomic E-state index is 12.8. The number of esters is 1. The molecule has 22 heavy (non-hydrogen) atoms. The van der Waals surface area contributed by atoms with Gasteiger partial charge in [-0.2, -0.15) is 0 Å². The lowest BCUT2D eigenvalue weighted by Crippen LogP contribution is -2.50. The van der Waals surface area contributed by atoms with Gasteiger partial charge in [0.1, 0.15) is 5.82 Å². The summed E-state index contributed by atoms with van der Waals surface area (Å²) in [6.07, 6.45) is 0.689. The number of hydrogen-bond donors (Lipinski definition) is 0. The molecule has 1 amide bonds. The molecule has 0 aromatic heterocycles. The van der Waals surface area contributed by atoms with E-state index in [1.807, 2.05) is 0 Å². The van der Waals surface area contributed by atoms with E-state index in [9.17, 15) is 18.8 Å². The van der Waals surface area contributed by atoms with Crippen molar-refractivity contribution in [2.24, 2.45) is 5.92 Å². The van der Waals surface area contributed by atoms with Crippen LogP contribution in [0.15, 0.2) is 24.3 Å². The Morgan fingerprint density at radius 1 is 1.32 bits per heavy atom. The number of halogens is 1. The van der Waals surface area contributed by atoms with Crippen LogP contribution in [0.3, 0.4) is 0 Å². The first-order valence-corrected chi connectivity index (χ1v) is 7.25. The fourth-order valence-corrected chi connectivity index (χ4v) is 2.41. The molecular weight excluding hydrogens is 289 g/mol. The Balaban J connectivity index is 1.99. The Kier molecular flexibility index (Phi) is 5.25. The molecule has 6 heteroatoms. The number of benzene rings is 1. The fourth-order valence-electron chi connectivity index (χ4n) is 2.41. The van der Waals surface area contributed by atoms with E-state index in [0.29, 0.717) is 19.5 Å². The van der Waals surface area contributed by atoms with Gasteiger partial charge >= 0.3 is 5.97 Å². The van der Waals surface area contributed by atoms with Gasteiger partial charge in [-0.3, -0.25) is 14.4 Å². The third-order valence-corrected chi connectivity index (χ3v) is 3.61. The molecule has 2 rings (SSSR count). The summed E-state index contributed by atoms with van der Waals surface area (Å²) in [5.74, 6) is -3.31. The summed E-state index contributed by atoms with van der Waals surface area (Å²) in [6.45, 7) is 2.44. The maximum atomic E-state index is 12.8. The van der Waals surface area contributed by atoms with Crippen LogP contribution in [0.25, 0.3) is 0 Å². The predicted octanol–water partition coefficient (Wildman–Crippen LogP) is 1.35. The highest BCUT2D eigenvalue weighted by Crippen LogP contribution is 2.17. The second kappa shape index (κ2) is 7.15. The molecule has 1 fully saturated rings. The van der Waals surface area contributed by atoms with Crippen molar-refractivity contribution in [3.05, 3.63) is 35.6 Å². The van der Waals surface area contributed by atoms with Crippen LogP contribution in [0, 0.1) is 11.7 Å². The largest absolute Gasteiger partial charge is 0.465 e. The lowest BCUT2D eigenvalue weighted by Gasteiger charge is -2.30. The molecule has 0 unspecified atom stereocenters. The second-order valence-electron chi connectivity index (χ2n) is 5.10. The molecule has 1 aliphatic rings. The highest BCUT2D eigenvalue weighted by atomic mass is 19.1. The molecule has 0 aliphatic carbocycles. The van der Waals surface area contributed by atoms with Crippen molar-refractivity contribution in [1.29, 1.82) is 0 Å². The first-order chi connectivity index (χ1) is 10.5. The van der Waals surface area contributed by atoms with Crippen molar-refractivity contribution in [2.45, 2.75) is 19.8 Å². The molecule has 1 heterocycles. The minimum Gasteiger partial charge on any atom is -0.465 e. The van der Waals surface area contributed by atoms with Crippen molar-refractivity contribution in [3.8, 4) is 0 Å². The number of ether oxygens (including phenoxy) is 1. The van der Waals surface area contributed by atoms with E-state index < -0.39 is 17.8 Å². The molecule has 5 nitrogen and oxygen atoms in total. The summed E-state index contributed by atoms with van der Waals surface area (Å²) in [4.78, 5) is 37.3. The van der Waals surface area contributed by atoms with Gasteiger partial charge in [-0.05, 0) is 31.0 Å². The Labute approximate surface area is 128 Å². The summed E-state index contributed by atoms with van der Waals surface area (Å²) in [6, 6.07) is 6.02. The normalized spacial score (nSPS) is 18.5. The number of nitrogens with zero attached hydrogens (tertiary/aromatic N) is 1. The molecule has 1 saturated heterocycles. The highest BCUT2D eigenvalue weighted by molar-refractivity contribution is 6.17. The van der Waals surface area contributed by atoms with E-state index in [1.165, 1.54) is 17.0 Å². The number of Topliss-reactive ketones (excluding diaryl/α,β-unsaturated/α-hetero) is 1. The van der Waals surface area contributed by atoms with Gasteiger partial charge in [0.25, 0.3) is 0 Å². The lowest BCUT2D eigenvalue weighted by atomic mass is 9.95. The van der Waals surface area contributed by atoms with E-state index in [0.717, 1.165) is 5.56 Å². The van der Waals surface area contributed by atoms with Crippen LogP contribution in [-0.4, -0.2) is 42.3 Å². The van der Waals surface area contributed by atoms with Crippen LogP contribution in [0.4, 0.5) is 4.39 Å². The van der Waals surface area contributed by atoms with Gasteiger partial charge in [-0.25, -0.2) is 4.39 Å². The molecule has 1 atom stereocenters. The van der Waals surface area contributed by atoms with Crippen molar-refractivity contribution < 1.29 is 23.5 Å². The van der Waals surface area contributed by atoms with Gasteiger partial charge in [-0.15, -0.1) is 0 Å². The van der Waals surface area contributed by atoms with Crippen LogP contribution in [0.5, 0.6) is 0 Å². The molecule has 0 saturated carbocycles. The van der Waals surface area contributed by atoms with Crippen LogP contribution in [-0.2, 0) is 25.5 Å². The van der Waals surface area contributed by atoms with Crippen molar-refractivity contribution in [2.75, 3.05) is 19.7 Å². The third-order valence-electron chi connectivity index (χ3n) is 3.61. The summed E-state index contributed by atoms with van der Waals surface area (Å²) < 4.78 is 17.6. The first kappa shape index (κ1) is 16.1. The molecular formula is C16H18FNO4. The van der Waals surface area contributed by atoms with Gasteiger partial charge in [0, 0.05) is 19.5 Å². The molecule has 118 valence electrons. The predicted molar refractivity (Wildman–Crippen MR) is 76.4 cm³/mol. The maximum Gasteiger partial charge on any atom is 0.326 e. The number of carbonyl (C=O) groups excluding carboxylic acids is 3. The van der Waals surface area contributed by atoms with E-state index in [1.54, 1.807) is 19.1 Å². The number of likely N-dealkylation sites (tertiary alicyclic amines) is 1. The van der Waals surface area contributed by atoms with E-state index in [-0.39, 0.29) is 24.6 Å². The SMILES string of the molecule is CCOC(=O)[C@@H]1C(=O)CCN(CCc2ccc(F)cc2)C1=O. The lowest BCUT2D eigenvalue weighted by molar-refractivity contribution is -0.161. The zero-order valence-electron chi connectivity index (χ0n) is 12.4. The van der Waals surface area contributed by atoms with Crippen molar-refractivity contribution in [3.63, 3.8) is 0 Å². The van der Waals surface area contributed by atoms with Gasteiger partial charge < -0.3 is 9.64 Å². The molecule has 0 spiro atoms. The van der Waals surface area contributed by atoms with Crippen LogP contribution < -0.4 is 0 Å². The van der Waals surface area contributed by atoms with Gasteiger partial charge in [-0.1, -0.05) is 12.1 Å². The third kappa shape index (κ3) is 3.69. The Morgan fingerprint density at radius 2 is 2.00 bits per heavy atom. The number of hydrogen-bond acceptors (Lipinski definition) is 4. The first-order valence-electron chi connectivity index (χ1n) is 7.25. The van der Waals surface area contributed by atoms with Crippen LogP contribution in [0.1, 0.15) is 18.9 Å². The molecule has 0 N–H and O–H groups in total. The standard InChI is InChI=1S/C16H18FNO4/c1-2-22-16(21)14-13(19)8-10-18(15(14)20)9-7-11-3-5-12(17)6-4-11/h3-6,14H,2,7-10H2,1H3/t14-/m1/s1. The summed E-state index contributed by atoms with van der Waals surface area (Å²) in [5.41, 5.74) is 0.888. The van der Waals surface area contributed by atoms with Crippen molar-refractivity contribution >= 4 is 17.7 Å². The summed E-state index contributed by atoms with van der Waals surface area (Å²) in [7, 11) is 0. The number of ketones is 1. The van der Waals surface area contributed by atoms with Gasteiger partial charge in [0.05, 0.1) is 6.61 Å². The molecule has 0 bridgehead atoms. The quantitative estimate of drug-likeness (QED) is 0.608. The Morgan fingerprint density at radius 3 is 2.64 bits per heavy atom. The van der Waals surface area contributed by atoms with E-state index >= 15 is 0 Å². The zero-order chi connectivity index (χ0) is 16.1. The number of amides is 1. The van der Waals surface area contributed by atoms with Gasteiger partial charge in [0.15, 0.2) is 11.7 Å². The average Bonchev–Trinajstić information content (AvgIpc) is 2.48. The number of piperidine rings is 1. The Bertz CT molecular complexity index is 570. The molecule has 0 radical (unpaired) electrons. The van der Waals surface area contributed by atoms with Crippen LogP contribution in [0.2, 0.25) is 0 Å². The number of carbonyl (C=O) groups is 3. The topological polar surface area (TPSA) is 63.7 Å².